The number of hydrogen-bond acceptors (Lipinski definition) is 4. The number of nitrogens with zero attached hydrogens (tertiary/aromatic N) is 1. The summed E-state index contributed by atoms with van der Waals surface area (Å²) >= 11 is 0. The highest BCUT2D eigenvalue weighted by Crippen LogP contribution is 2.25. The van der Waals surface area contributed by atoms with E-state index in [1.165, 1.54) is 4.90 Å². The molecule has 0 saturated heterocycles. The fraction of sp³-hybridized carbons (Fsp3) is 0.444. The van der Waals surface area contributed by atoms with Crippen LogP contribution in [-0.2, 0) is 20.7 Å². The van der Waals surface area contributed by atoms with E-state index >= 15 is 0 Å². The summed E-state index contributed by atoms with van der Waals surface area (Å²) in [5, 5.41) is 5.64. The zero-order valence-electron chi connectivity index (χ0n) is 21.2. The zero-order chi connectivity index (χ0) is 25.5. The van der Waals surface area contributed by atoms with Gasteiger partial charge in [0.2, 0.25) is 11.8 Å². The summed E-state index contributed by atoms with van der Waals surface area (Å²) in [6, 6.07) is 15.0. The SMILES string of the molecule is Cc1ccccc1C(C(=O)NC(C)C)N(C)C(=O)C(Cc1ccccc1)NC(=O)OC(C)(C)C. The topological polar surface area (TPSA) is 87.7 Å². The summed E-state index contributed by atoms with van der Waals surface area (Å²) in [7, 11) is 1.59. The molecule has 0 heterocycles. The largest absolute Gasteiger partial charge is 0.444 e. The molecule has 0 saturated carbocycles. The second-order valence-electron chi connectivity index (χ2n) is 9.76. The molecule has 0 aliphatic carbocycles. The highest BCUT2D eigenvalue weighted by molar-refractivity contribution is 5.92. The van der Waals surface area contributed by atoms with Gasteiger partial charge in [-0.1, -0.05) is 54.6 Å². The van der Waals surface area contributed by atoms with Gasteiger partial charge in [-0.3, -0.25) is 9.59 Å². The number of likely N-dealkylation sites (N-methyl/N-ethyl adjacent to an activating group) is 1. The molecule has 2 aromatic carbocycles. The number of amides is 3. The minimum Gasteiger partial charge on any atom is -0.444 e. The number of benzene rings is 2. The van der Waals surface area contributed by atoms with Crippen LogP contribution in [0.3, 0.4) is 0 Å². The third-order valence-electron chi connectivity index (χ3n) is 5.17. The van der Waals surface area contributed by atoms with Gasteiger partial charge in [-0.25, -0.2) is 4.79 Å². The van der Waals surface area contributed by atoms with Crippen molar-refractivity contribution in [3.05, 3.63) is 71.3 Å². The molecule has 0 bridgehead atoms. The van der Waals surface area contributed by atoms with Crippen molar-refractivity contribution in [2.24, 2.45) is 0 Å². The molecule has 0 aliphatic rings. The lowest BCUT2D eigenvalue weighted by Gasteiger charge is -2.32. The second-order valence-corrected chi connectivity index (χ2v) is 9.76. The van der Waals surface area contributed by atoms with E-state index in [2.05, 4.69) is 10.6 Å². The van der Waals surface area contributed by atoms with Gasteiger partial charge in [-0.2, -0.15) is 0 Å². The lowest BCUT2D eigenvalue weighted by Crippen LogP contribution is -2.53. The summed E-state index contributed by atoms with van der Waals surface area (Å²) < 4.78 is 5.40. The van der Waals surface area contributed by atoms with Crippen LogP contribution in [0, 0.1) is 6.92 Å². The highest BCUT2D eigenvalue weighted by Gasteiger charge is 2.35. The number of hydrogen-bond donors (Lipinski definition) is 2. The van der Waals surface area contributed by atoms with Crippen molar-refractivity contribution in [3.8, 4) is 0 Å². The predicted octanol–water partition coefficient (Wildman–Crippen LogP) is 4.16. The summed E-state index contributed by atoms with van der Waals surface area (Å²) in [6.45, 7) is 10.9. The molecule has 2 rings (SSSR count). The molecule has 7 heteroatoms. The minimum absolute atomic E-state index is 0.0949. The Morgan fingerprint density at radius 1 is 0.941 bits per heavy atom. The van der Waals surface area contributed by atoms with Crippen LogP contribution >= 0.6 is 0 Å². The maximum absolute atomic E-state index is 13.7. The fourth-order valence-electron chi connectivity index (χ4n) is 3.66. The van der Waals surface area contributed by atoms with E-state index in [4.69, 9.17) is 4.74 Å². The van der Waals surface area contributed by atoms with Gasteiger partial charge < -0.3 is 20.3 Å². The van der Waals surface area contributed by atoms with Crippen LogP contribution in [0.1, 0.15) is 57.4 Å². The average Bonchev–Trinajstić information content (AvgIpc) is 2.73. The third-order valence-corrected chi connectivity index (χ3v) is 5.17. The molecule has 2 aromatic rings. The quantitative estimate of drug-likeness (QED) is 0.610. The van der Waals surface area contributed by atoms with E-state index in [9.17, 15) is 14.4 Å². The zero-order valence-corrected chi connectivity index (χ0v) is 21.2. The van der Waals surface area contributed by atoms with Crippen LogP contribution < -0.4 is 10.6 Å². The summed E-state index contributed by atoms with van der Waals surface area (Å²) in [4.78, 5) is 41.0. The summed E-state index contributed by atoms with van der Waals surface area (Å²) in [5.41, 5.74) is 1.79. The molecule has 184 valence electrons. The molecular formula is C27H37N3O4. The number of carbonyl (C=O) groups excluding carboxylic acids is 3. The first-order chi connectivity index (χ1) is 15.9. The Morgan fingerprint density at radius 2 is 1.53 bits per heavy atom. The van der Waals surface area contributed by atoms with E-state index in [1.54, 1.807) is 27.8 Å². The van der Waals surface area contributed by atoms with E-state index in [-0.39, 0.29) is 24.3 Å². The Bertz CT molecular complexity index is 983. The Hall–Kier alpha value is -3.35. The number of alkyl carbamates (subject to hydrolysis) is 1. The maximum Gasteiger partial charge on any atom is 0.408 e. The molecule has 0 aromatic heterocycles. The molecular weight excluding hydrogens is 430 g/mol. The van der Waals surface area contributed by atoms with Gasteiger partial charge in [0.25, 0.3) is 0 Å². The van der Waals surface area contributed by atoms with E-state index in [1.807, 2.05) is 75.4 Å². The first-order valence-electron chi connectivity index (χ1n) is 11.5. The monoisotopic (exact) mass is 467 g/mol. The van der Waals surface area contributed by atoms with Crippen molar-refractivity contribution < 1.29 is 19.1 Å². The molecule has 0 aliphatic heterocycles. The van der Waals surface area contributed by atoms with E-state index in [0.29, 0.717) is 0 Å². The van der Waals surface area contributed by atoms with Crippen LogP contribution in [0.4, 0.5) is 4.79 Å². The Balaban J connectivity index is 2.40. The Kier molecular flexibility index (Phi) is 9.24. The van der Waals surface area contributed by atoms with Gasteiger partial charge in [-0.15, -0.1) is 0 Å². The number of carbonyl (C=O) groups is 3. The predicted molar refractivity (Wildman–Crippen MR) is 133 cm³/mol. The molecule has 0 radical (unpaired) electrons. The third kappa shape index (κ3) is 7.90. The Labute approximate surface area is 202 Å². The highest BCUT2D eigenvalue weighted by atomic mass is 16.6. The van der Waals surface area contributed by atoms with Gasteiger partial charge in [0.15, 0.2) is 0 Å². The number of aryl methyl sites for hydroxylation is 1. The van der Waals surface area contributed by atoms with Crippen molar-refractivity contribution >= 4 is 17.9 Å². The number of nitrogens with one attached hydrogen (secondary N) is 2. The van der Waals surface area contributed by atoms with Gasteiger partial charge in [0.1, 0.15) is 17.7 Å². The molecule has 34 heavy (non-hydrogen) atoms. The standard InChI is InChI=1S/C27H37N3O4/c1-18(2)28-24(31)23(21-16-12-11-13-19(21)3)30(7)25(32)22(17-20-14-9-8-10-15-20)29-26(33)34-27(4,5)6/h8-16,18,22-23H,17H2,1-7H3,(H,28,31)(H,29,33). The van der Waals surface area contributed by atoms with Gasteiger partial charge in [0, 0.05) is 19.5 Å². The second kappa shape index (κ2) is 11.7. The fourth-order valence-corrected chi connectivity index (χ4v) is 3.66. The van der Waals surface area contributed by atoms with Crippen molar-refractivity contribution in [2.75, 3.05) is 7.05 Å². The van der Waals surface area contributed by atoms with Crippen LogP contribution in [-0.4, -0.2) is 47.5 Å². The number of rotatable bonds is 8. The summed E-state index contributed by atoms with van der Waals surface area (Å²) in [6.07, 6.45) is -0.426. The van der Waals surface area contributed by atoms with Gasteiger partial charge in [-0.05, 0) is 58.2 Å². The van der Waals surface area contributed by atoms with Crippen molar-refractivity contribution in [1.29, 1.82) is 0 Å². The lowest BCUT2D eigenvalue weighted by atomic mass is 9.97. The average molecular weight is 468 g/mol. The normalized spacial score (nSPS) is 13.1. The van der Waals surface area contributed by atoms with Crippen LogP contribution in [0.2, 0.25) is 0 Å². The minimum atomic E-state index is -0.916. The molecule has 2 atom stereocenters. The van der Waals surface area contributed by atoms with Crippen molar-refractivity contribution in [2.45, 2.75) is 71.7 Å². The first-order valence-corrected chi connectivity index (χ1v) is 11.5. The smallest absolute Gasteiger partial charge is 0.408 e. The van der Waals surface area contributed by atoms with E-state index < -0.39 is 23.8 Å². The number of ether oxygens (including phenoxy) is 1. The van der Waals surface area contributed by atoms with Crippen molar-refractivity contribution in [3.63, 3.8) is 0 Å². The first kappa shape index (κ1) is 26.9. The maximum atomic E-state index is 13.7. The van der Waals surface area contributed by atoms with Crippen LogP contribution in [0.25, 0.3) is 0 Å². The molecule has 3 amide bonds. The molecule has 0 fully saturated rings. The van der Waals surface area contributed by atoms with Gasteiger partial charge >= 0.3 is 6.09 Å². The van der Waals surface area contributed by atoms with E-state index in [0.717, 1.165) is 16.7 Å². The van der Waals surface area contributed by atoms with Crippen LogP contribution in [0.15, 0.2) is 54.6 Å². The van der Waals surface area contributed by atoms with Crippen molar-refractivity contribution in [1.82, 2.24) is 15.5 Å². The van der Waals surface area contributed by atoms with Crippen LogP contribution in [0.5, 0.6) is 0 Å². The molecule has 2 unspecified atom stereocenters. The lowest BCUT2D eigenvalue weighted by molar-refractivity contribution is -0.141. The summed E-state index contributed by atoms with van der Waals surface area (Å²) in [5.74, 6) is -0.669. The Morgan fingerprint density at radius 3 is 2.09 bits per heavy atom. The molecule has 2 N–H and O–H groups in total. The molecule has 0 spiro atoms. The molecule has 7 nitrogen and oxygen atoms in total. The van der Waals surface area contributed by atoms with Gasteiger partial charge in [0.05, 0.1) is 0 Å².